The van der Waals surface area contributed by atoms with Crippen molar-refractivity contribution in [2.24, 2.45) is 28.5 Å². The summed E-state index contributed by atoms with van der Waals surface area (Å²) in [5.41, 5.74) is 2.11. The fourth-order valence-electron chi connectivity index (χ4n) is 12.9. The van der Waals surface area contributed by atoms with E-state index in [2.05, 4.69) is 41.3 Å². The van der Waals surface area contributed by atoms with Gasteiger partial charge in [-0.05, 0) is 93.6 Å². The normalized spacial score (nSPS) is 29.1. The number of aliphatic imine (C=N–C) groups is 1. The highest BCUT2D eigenvalue weighted by atomic mass is 16.7. The van der Waals surface area contributed by atoms with E-state index >= 15 is 0 Å². The van der Waals surface area contributed by atoms with Crippen LogP contribution in [0.2, 0.25) is 0 Å². The predicted molar refractivity (Wildman–Crippen MR) is 280 cm³/mol. The highest BCUT2D eigenvalue weighted by molar-refractivity contribution is 5.98. The zero-order chi connectivity index (χ0) is 55.0. The van der Waals surface area contributed by atoms with Crippen LogP contribution in [0.5, 0.6) is 34.5 Å². The lowest BCUT2D eigenvalue weighted by Crippen LogP contribution is -2.76. The van der Waals surface area contributed by atoms with Crippen molar-refractivity contribution in [2.75, 3.05) is 38.4 Å². The summed E-state index contributed by atoms with van der Waals surface area (Å²) < 4.78 is 37.9. The third kappa shape index (κ3) is 10.3. The number of benzene rings is 3. The summed E-state index contributed by atoms with van der Waals surface area (Å²) in [4.78, 5) is 32.5. The molecule has 0 amide bonds. The number of nitrogens with one attached hydrogen (secondary N) is 2. The van der Waals surface area contributed by atoms with E-state index in [0.29, 0.717) is 57.1 Å². The third-order valence-corrected chi connectivity index (χ3v) is 16.7. The molecular weight excluding hydrogens is 997 g/mol. The number of carboxylic acid groups (broad SMARTS) is 1. The molecule has 0 radical (unpaired) electrons. The summed E-state index contributed by atoms with van der Waals surface area (Å²) >= 11 is 0. The van der Waals surface area contributed by atoms with Crippen LogP contribution in [0, 0.1) is 29.6 Å². The Morgan fingerprint density at radius 1 is 1.04 bits per heavy atom. The number of nitrogens with zero attached hydrogens (tertiary/aromatic N) is 1. The van der Waals surface area contributed by atoms with Gasteiger partial charge < -0.3 is 85.6 Å². The largest absolute Gasteiger partial charge is 0.504 e. The number of aryl methyl sites for hydroxylation is 1. The molecule has 2 fully saturated rings. The maximum atomic E-state index is 14.6. The minimum atomic E-state index is -2.70. The predicted octanol–water partition coefficient (Wildman–Crippen LogP) is 5.07. The van der Waals surface area contributed by atoms with Crippen LogP contribution in [0.15, 0.2) is 35.3 Å². The van der Waals surface area contributed by atoms with Gasteiger partial charge in [0.05, 0.1) is 24.5 Å². The van der Waals surface area contributed by atoms with Gasteiger partial charge in [-0.15, -0.1) is 0 Å². The second-order valence-corrected chi connectivity index (χ2v) is 22.0. The first-order chi connectivity index (χ1) is 36.9. The number of phenolic OH excluding ortho intramolecular Hbond substituents is 2. The minimum Gasteiger partial charge on any atom is -0.504 e. The van der Waals surface area contributed by atoms with Crippen LogP contribution in [-0.2, 0) is 27.7 Å². The van der Waals surface area contributed by atoms with Crippen LogP contribution in [0.1, 0.15) is 147 Å². The number of hydrogen-bond donors (Lipinski definition) is 11. The molecule has 1 saturated heterocycles. The molecule has 4 bridgehead atoms. The summed E-state index contributed by atoms with van der Waals surface area (Å²) in [7, 11) is 0. The molecule has 1 saturated carbocycles. The molecule has 9 rings (SSSR count). The Hall–Kier alpha value is -6.21. The number of anilines is 1. The summed E-state index contributed by atoms with van der Waals surface area (Å²) in [6.07, 6.45) is -3.96. The summed E-state index contributed by atoms with van der Waals surface area (Å²) in [6, 6.07) is 8.80. The smallest absolute Gasteiger partial charge is 0.344 e. The number of unbranched alkanes of at least 4 members (excludes halogenated alkanes) is 1. The number of esters is 1. The fourth-order valence-corrected chi connectivity index (χ4v) is 12.9. The van der Waals surface area contributed by atoms with E-state index in [1.165, 1.54) is 6.07 Å². The maximum Gasteiger partial charge on any atom is 0.344 e. The number of rotatable bonds is 15. The minimum absolute atomic E-state index is 0.00183. The molecular formula is C57H74N4O16. The molecule has 1 aliphatic carbocycles. The zero-order valence-electron chi connectivity index (χ0n) is 44.2. The van der Waals surface area contributed by atoms with Crippen molar-refractivity contribution < 1.29 is 78.9 Å². The molecule has 77 heavy (non-hydrogen) atoms. The summed E-state index contributed by atoms with van der Waals surface area (Å²) in [6.45, 7) is 8.17. The van der Waals surface area contributed by atoms with Gasteiger partial charge in [-0.2, -0.15) is 0 Å². The molecule has 10 atom stereocenters. The Morgan fingerprint density at radius 3 is 2.53 bits per heavy atom. The van der Waals surface area contributed by atoms with Gasteiger partial charge in [0.1, 0.15) is 23.4 Å². The van der Waals surface area contributed by atoms with Crippen LogP contribution >= 0.6 is 0 Å². The van der Waals surface area contributed by atoms with Crippen LogP contribution in [0.25, 0.3) is 0 Å². The van der Waals surface area contributed by atoms with Crippen molar-refractivity contribution >= 4 is 23.6 Å². The van der Waals surface area contributed by atoms with Crippen molar-refractivity contribution in [3.8, 4) is 46.3 Å². The molecule has 0 unspecified atom stereocenters. The van der Waals surface area contributed by atoms with Crippen molar-refractivity contribution in [2.45, 2.75) is 165 Å². The van der Waals surface area contributed by atoms with Crippen molar-refractivity contribution in [1.29, 1.82) is 0 Å². The first-order valence-corrected chi connectivity index (χ1v) is 27.1. The van der Waals surface area contributed by atoms with E-state index in [1.807, 2.05) is 38.1 Å². The van der Waals surface area contributed by atoms with Crippen molar-refractivity contribution in [3.05, 3.63) is 63.7 Å². The molecule has 12 N–H and O–H groups in total. The average Bonchev–Trinajstić information content (AvgIpc) is 3.92. The van der Waals surface area contributed by atoms with E-state index < -0.39 is 108 Å². The third-order valence-electron chi connectivity index (χ3n) is 16.7. The van der Waals surface area contributed by atoms with Gasteiger partial charge >= 0.3 is 11.9 Å². The first-order valence-electron chi connectivity index (χ1n) is 27.1. The van der Waals surface area contributed by atoms with Crippen LogP contribution in [-0.4, -0.2) is 134 Å². The highest BCUT2D eigenvalue weighted by Gasteiger charge is 2.68. The van der Waals surface area contributed by atoms with Gasteiger partial charge in [0.15, 0.2) is 41.3 Å². The molecule has 5 aliphatic heterocycles. The number of carboxylic acids is 1. The van der Waals surface area contributed by atoms with Gasteiger partial charge in [-0.25, -0.2) is 14.6 Å². The number of hydrogen-bond acceptors (Lipinski definition) is 17. The molecule has 3 aromatic carbocycles. The lowest BCUT2D eigenvalue weighted by molar-refractivity contribution is -0.382. The molecule has 20 nitrogen and oxygen atoms in total. The van der Waals surface area contributed by atoms with E-state index in [-0.39, 0.29) is 84.1 Å². The number of phenols is 2. The Morgan fingerprint density at radius 2 is 1.81 bits per heavy atom. The second-order valence-electron chi connectivity index (χ2n) is 22.0. The van der Waals surface area contributed by atoms with E-state index in [4.69, 9.17) is 34.2 Å². The molecule has 418 valence electrons. The molecule has 6 aliphatic rings. The Bertz CT molecular complexity index is 2790. The number of carbonyl (C=O) groups excluding carboxylic acids is 1. The fraction of sp³-hybridized carbons (Fsp3) is 0.596. The topological polar surface area (TPSA) is 314 Å². The quantitative estimate of drug-likeness (QED) is 0.0311. The van der Waals surface area contributed by atoms with Gasteiger partial charge in [-0.3, -0.25) is 0 Å². The SMILES string of the molecule is CCc1cccc(CCOc2c(O)c3c4c(c2O)C(=O)O[C@@H](O)[C@@]2(C[C@@H]4CCCO3)O[C@H]3Oc4c(OCN=C(N)NCCCCO)cc(C(=O)O)c5c4C4(CCCC4)[C@@H](C#CC[C@@](O)([C@H]3O)[C@@H]2O)[C@H](CC(C)C)[C@H](C)N5)c1. The second kappa shape index (κ2) is 22.6. The lowest BCUT2D eigenvalue weighted by Gasteiger charge is -2.55. The number of fused-ring (bicyclic) bond motifs is 2. The highest BCUT2D eigenvalue weighted by Crippen LogP contribution is 2.62. The van der Waals surface area contributed by atoms with E-state index in [1.54, 1.807) is 0 Å². The van der Waals surface area contributed by atoms with Gasteiger partial charge in [0, 0.05) is 60.6 Å². The molecule has 0 aromatic heterocycles. The maximum absolute atomic E-state index is 14.6. The van der Waals surface area contributed by atoms with Gasteiger partial charge in [0.25, 0.3) is 0 Å². The van der Waals surface area contributed by atoms with Crippen LogP contribution in [0.4, 0.5) is 5.69 Å². The average molecular weight is 1070 g/mol. The monoisotopic (exact) mass is 1070 g/mol. The number of guanidine groups is 1. The standard InChI is InChI=1S/C57H74N4O16/c1-5-32-13-10-14-33(26-32)17-24-73-47-43(63)40-39-34(15-12-23-72-46(39)44(47)64)28-57(53(70)76-50(40)68)52(69)56(71)20-11-16-37-35(25-30(2)3)31(4)61-42-36(49(66)67)27-38(74-29-60-54(58)59-21-8-9-22-62)45(75-51(77-57)48(56)65)41(42)55(37)18-6-7-19-55/h10,13-14,26-27,30-31,34-35,37,48,51-53,61-65,69-71H,5-9,12,15,17-25,28-29H2,1-4H3,(H,66,67)(H3,58,59,60)/t31-,34-,35+,37-,48-,51+,52-,53+,56+,57-/m0/s1. The molecule has 2 spiro atoms. The van der Waals surface area contributed by atoms with E-state index in [0.717, 1.165) is 30.4 Å². The lowest BCUT2D eigenvalue weighted by atomic mass is 9.62. The summed E-state index contributed by atoms with van der Waals surface area (Å²) in [5.74, 6) is 0.349. The van der Waals surface area contributed by atoms with E-state index in [9.17, 15) is 50.4 Å². The number of aromatic hydroxyl groups is 2. The zero-order valence-corrected chi connectivity index (χ0v) is 44.2. The molecule has 20 heteroatoms. The number of cyclic esters (lactones) is 1. The number of aliphatic hydroxyl groups is 5. The summed E-state index contributed by atoms with van der Waals surface area (Å²) in [5, 5.41) is 102. The first kappa shape index (κ1) is 55.5. The number of ether oxygens (including phenoxy) is 6. The molecule has 3 aromatic rings. The van der Waals surface area contributed by atoms with Gasteiger partial charge in [-0.1, -0.05) is 69.7 Å². The Balaban J connectivity index is 1.18. The van der Waals surface area contributed by atoms with Gasteiger partial charge in [0.2, 0.25) is 24.1 Å². The van der Waals surface area contributed by atoms with Crippen LogP contribution < -0.4 is 35.3 Å². The molecule has 5 heterocycles. The van der Waals surface area contributed by atoms with Crippen molar-refractivity contribution in [3.63, 3.8) is 0 Å². The Labute approximate surface area is 447 Å². The number of carbonyl (C=O) groups is 2. The van der Waals surface area contributed by atoms with Crippen LogP contribution in [0.3, 0.4) is 0 Å². The Kier molecular flexibility index (Phi) is 16.3. The van der Waals surface area contributed by atoms with Crippen molar-refractivity contribution in [1.82, 2.24) is 5.32 Å². The number of aliphatic hydroxyl groups excluding tert-OH is 4. The number of nitrogens with two attached hydrogens (primary N) is 1. The number of aromatic carboxylic acids is 1.